The highest BCUT2D eigenvalue weighted by atomic mass is 32.2. The minimum absolute atomic E-state index is 0.255. The molecule has 1 aliphatic heterocycles. The summed E-state index contributed by atoms with van der Waals surface area (Å²) in [5.41, 5.74) is 6.33. The van der Waals surface area contributed by atoms with Gasteiger partial charge >= 0.3 is 5.97 Å². The van der Waals surface area contributed by atoms with Crippen molar-refractivity contribution in [2.75, 3.05) is 24.3 Å². The van der Waals surface area contributed by atoms with Gasteiger partial charge in [-0.25, -0.2) is 9.78 Å². The number of nitrogen functional groups attached to an aromatic ring is 1. The van der Waals surface area contributed by atoms with Gasteiger partial charge in [0.05, 0.1) is 7.11 Å². The third kappa shape index (κ3) is 2.34. The number of anilines is 1. The van der Waals surface area contributed by atoms with Crippen LogP contribution in [0.1, 0.15) is 42.1 Å². The Kier molecular flexibility index (Phi) is 4.16. The lowest BCUT2D eigenvalue weighted by Crippen LogP contribution is -2.20. The van der Waals surface area contributed by atoms with Crippen molar-refractivity contribution in [3.05, 3.63) is 11.5 Å². The number of nitrogens with zero attached hydrogens (tertiary/aromatic N) is 2. The van der Waals surface area contributed by atoms with E-state index in [0.717, 1.165) is 24.4 Å². The third-order valence-corrected chi connectivity index (χ3v) is 4.42. The van der Waals surface area contributed by atoms with E-state index in [1.54, 1.807) is 0 Å². The van der Waals surface area contributed by atoms with E-state index in [1.165, 1.54) is 19.3 Å². The smallest absolute Gasteiger partial charge is 0.360 e. The maximum Gasteiger partial charge on any atom is 0.360 e. The van der Waals surface area contributed by atoms with Gasteiger partial charge in [0.25, 0.3) is 0 Å². The summed E-state index contributed by atoms with van der Waals surface area (Å²) < 4.78 is 6.74. The van der Waals surface area contributed by atoms with E-state index in [1.807, 2.05) is 23.3 Å². The predicted molar refractivity (Wildman–Crippen MR) is 73.0 cm³/mol. The fourth-order valence-corrected chi connectivity index (χ4v) is 3.45. The number of imidazole rings is 1. The average Bonchev–Trinajstić information content (AvgIpc) is 2.75. The number of carbonyl (C=O) groups is 1. The van der Waals surface area contributed by atoms with Gasteiger partial charge in [-0.1, -0.05) is 6.92 Å². The van der Waals surface area contributed by atoms with E-state index in [9.17, 15) is 4.79 Å². The molecular weight excluding hydrogens is 250 g/mol. The topological polar surface area (TPSA) is 70.1 Å². The predicted octanol–water partition coefficient (Wildman–Crippen LogP) is 1.88. The molecule has 1 atom stereocenters. The van der Waals surface area contributed by atoms with Gasteiger partial charge in [-0.3, -0.25) is 0 Å². The number of nitrogens with two attached hydrogens (primary N) is 1. The second-order valence-corrected chi connectivity index (χ2v) is 5.50. The van der Waals surface area contributed by atoms with Gasteiger partial charge in [-0.05, 0) is 18.6 Å². The van der Waals surface area contributed by atoms with E-state index >= 15 is 0 Å². The molecule has 2 heterocycles. The second kappa shape index (κ2) is 5.65. The number of hydrogen-bond donors (Lipinski definition) is 1. The molecule has 1 aliphatic rings. The number of rotatable bonds is 3. The number of aromatic nitrogens is 2. The van der Waals surface area contributed by atoms with Crippen molar-refractivity contribution in [2.45, 2.75) is 32.2 Å². The molecule has 1 unspecified atom stereocenters. The SMILES string of the molecule is CCc1nc(C(=O)OC)c(N)n1C1CCCSC1. The van der Waals surface area contributed by atoms with Crippen LogP contribution in [0.15, 0.2) is 0 Å². The van der Waals surface area contributed by atoms with Crippen LogP contribution in [0.4, 0.5) is 5.82 Å². The van der Waals surface area contributed by atoms with Crippen LogP contribution in [0.25, 0.3) is 0 Å². The summed E-state index contributed by atoms with van der Waals surface area (Å²) in [6.45, 7) is 2.02. The van der Waals surface area contributed by atoms with Gasteiger partial charge in [-0.15, -0.1) is 0 Å². The number of ether oxygens (including phenoxy) is 1. The fraction of sp³-hybridized carbons (Fsp3) is 0.667. The highest BCUT2D eigenvalue weighted by Gasteiger charge is 2.26. The Labute approximate surface area is 111 Å². The summed E-state index contributed by atoms with van der Waals surface area (Å²) >= 11 is 1.93. The lowest BCUT2D eigenvalue weighted by Gasteiger charge is -2.25. The van der Waals surface area contributed by atoms with E-state index in [2.05, 4.69) is 4.98 Å². The first-order valence-electron chi connectivity index (χ1n) is 6.21. The van der Waals surface area contributed by atoms with E-state index in [4.69, 9.17) is 10.5 Å². The molecule has 0 amide bonds. The van der Waals surface area contributed by atoms with E-state index in [0.29, 0.717) is 11.9 Å². The molecule has 0 aromatic carbocycles. The van der Waals surface area contributed by atoms with Crippen molar-refractivity contribution in [3.63, 3.8) is 0 Å². The molecule has 100 valence electrons. The molecule has 2 rings (SSSR count). The van der Waals surface area contributed by atoms with Crippen LogP contribution < -0.4 is 5.73 Å². The Balaban J connectivity index is 2.38. The molecule has 1 fully saturated rings. The number of methoxy groups -OCH3 is 1. The zero-order chi connectivity index (χ0) is 13.1. The zero-order valence-corrected chi connectivity index (χ0v) is 11.6. The Morgan fingerprint density at radius 2 is 2.44 bits per heavy atom. The highest BCUT2D eigenvalue weighted by Crippen LogP contribution is 2.31. The molecule has 18 heavy (non-hydrogen) atoms. The van der Waals surface area contributed by atoms with Gasteiger partial charge in [0, 0.05) is 18.2 Å². The van der Waals surface area contributed by atoms with Crippen LogP contribution in [0.5, 0.6) is 0 Å². The second-order valence-electron chi connectivity index (χ2n) is 4.35. The number of esters is 1. The Morgan fingerprint density at radius 3 is 3.00 bits per heavy atom. The average molecular weight is 269 g/mol. The summed E-state index contributed by atoms with van der Waals surface area (Å²) in [5.74, 6) is 3.11. The first-order chi connectivity index (χ1) is 8.69. The Bertz CT molecular complexity index is 439. The molecule has 0 saturated carbocycles. The molecule has 1 aromatic heterocycles. The van der Waals surface area contributed by atoms with Gasteiger partial charge in [0.15, 0.2) is 5.69 Å². The number of hydrogen-bond acceptors (Lipinski definition) is 5. The maximum absolute atomic E-state index is 11.6. The van der Waals surface area contributed by atoms with Crippen molar-refractivity contribution < 1.29 is 9.53 Å². The highest BCUT2D eigenvalue weighted by molar-refractivity contribution is 7.99. The van der Waals surface area contributed by atoms with Crippen LogP contribution in [0, 0.1) is 0 Å². The zero-order valence-electron chi connectivity index (χ0n) is 10.8. The molecule has 6 heteroatoms. The normalized spacial score (nSPS) is 19.8. The molecule has 1 aromatic rings. The van der Waals surface area contributed by atoms with E-state index < -0.39 is 5.97 Å². The van der Waals surface area contributed by atoms with Gasteiger partial charge < -0.3 is 15.0 Å². The summed E-state index contributed by atoms with van der Waals surface area (Å²) in [5, 5.41) is 0. The van der Waals surface area contributed by atoms with Gasteiger partial charge in [0.1, 0.15) is 11.6 Å². The van der Waals surface area contributed by atoms with Crippen LogP contribution >= 0.6 is 11.8 Å². The van der Waals surface area contributed by atoms with Crippen molar-refractivity contribution in [1.82, 2.24) is 9.55 Å². The third-order valence-electron chi connectivity index (χ3n) is 3.22. The first kappa shape index (κ1) is 13.3. The first-order valence-corrected chi connectivity index (χ1v) is 7.37. The maximum atomic E-state index is 11.6. The van der Waals surface area contributed by atoms with Crippen molar-refractivity contribution in [2.24, 2.45) is 0 Å². The summed E-state index contributed by atoms with van der Waals surface area (Å²) in [6.07, 6.45) is 3.05. The van der Waals surface area contributed by atoms with Crippen LogP contribution in [-0.2, 0) is 11.2 Å². The lowest BCUT2D eigenvalue weighted by molar-refractivity contribution is 0.0595. The van der Waals surface area contributed by atoms with E-state index in [-0.39, 0.29) is 5.69 Å². The minimum atomic E-state index is -0.454. The summed E-state index contributed by atoms with van der Waals surface area (Å²) in [7, 11) is 1.35. The van der Waals surface area contributed by atoms with Crippen molar-refractivity contribution >= 4 is 23.5 Å². The fourth-order valence-electron chi connectivity index (χ4n) is 2.32. The van der Waals surface area contributed by atoms with Crippen LogP contribution in [0.3, 0.4) is 0 Å². The monoisotopic (exact) mass is 269 g/mol. The van der Waals surface area contributed by atoms with Crippen molar-refractivity contribution in [1.29, 1.82) is 0 Å². The molecule has 0 spiro atoms. The van der Waals surface area contributed by atoms with Crippen LogP contribution in [0.2, 0.25) is 0 Å². The largest absolute Gasteiger partial charge is 0.464 e. The molecule has 1 saturated heterocycles. The molecule has 2 N–H and O–H groups in total. The summed E-state index contributed by atoms with van der Waals surface area (Å²) in [6, 6.07) is 0.351. The van der Waals surface area contributed by atoms with Crippen LogP contribution in [-0.4, -0.2) is 34.1 Å². The Hall–Kier alpha value is -1.17. The number of thioether (sulfide) groups is 1. The quantitative estimate of drug-likeness (QED) is 0.848. The summed E-state index contributed by atoms with van der Waals surface area (Å²) in [4.78, 5) is 15.9. The molecule has 0 aliphatic carbocycles. The number of carbonyl (C=O) groups excluding carboxylic acids is 1. The molecule has 0 bridgehead atoms. The van der Waals surface area contributed by atoms with Gasteiger partial charge in [-0.2, -0.15) is 11.8 Å². The molecular formula is C12H19N3O2S. The molecule has 0 radical (unpaired) electrons. The lowest BCUT2D eigenvalue weighted by atomic mass is 10.1. The standard InChI is InChI=1S/C12H19N3O2S/c1-3-9-14-10(12(16)17-2)11(13)15(9)8-5-4-6-18-7-8/h8H,3-7,13H2,1-2H3. The minimum Gasteiger partial charge on any atom is -0.464 e. The molecule has 5 nitrogen and oxygen atoms in total. The van der Waals surface area contributed by atoms with Gasteiger partial charge in [0.2, 0.25) is 0 Å². The number of aryl methyl sites for hydroxylation is 1. The Morgan fingerprint density at radius 1 is 1.67 bits per heavy atom. The van der Waals surface area contributed by atoms with Crippen molar-refractivity contribution in [3.8, 4) is 0 Å².